The number of benzene rings is 2. The molecular formula is C25H28F6O2. The third-order valence-corrected chi connectivity index (χ3v) is 6.87. The third kappa shape index (κ3) is 5.90. The molecule has 33 heavy (non-hydrogen) atoms. The molecule has 0 heterocycles. The van der Waals surface area contributed by atoms with Gasteiger partial charge in [0.1, 0.15) is 0 Å². The standard InChI is InChI=1S/C25H28F6O2/c1-17(18-12-20(24(26,27)28)14-21(13-18)25(29,30)31)33-16-23(19-6-4-3-5-7-19)10-8-22(2,15-32)9-11-23/h3-7,12-14,17,32H,8-11,15-16H2,1-2H3. The largest absolute Gasteiger partial charge is 0.416 e. The van der Waals surface area contributed by atoms with Crippen LogP contribution in [0.5, 0.6) is 0 Å². The Labute approximate surface area is 189 Å². The lowest BCUT2D eigenvalue weighted by Gasteiger charge is -2.45. The summed E-state index contributed by atoms with van der Waals surface area (Å²) in [6.45, 7) is 3.68. The Bertz CT molecular complexity index is 896. The van der Waals surface area contributed by atoms with Crippen molar-refractivity contribution in [2.24, 2.45) is 5.41 Å². The van der Waals surface area contributed by atoms with Gasteiger partial charge in [0.25, 0.3) is 0 Å². The molecule has 8 heteroatoms. The summed E-state index contributed by atoms with van der Waals surface area (Å²) in [5.41, 5.74) is -2.51. The number of halogens is 6. The molecule has 0 aromatic heterocycles. The fraction of sp³-hybridized carbons (Fsp3) is 0.520. The SMILES string of the molecule is CC(OCC1(c2ccccc2)CCC(C)(CO)CC1)c1cc(C(F)(F)F)cc(C(F)(F)F)c1. The van der Waals surface area contributed by atoms with Crippen molar-refractivity contribution in [1.82, 2.24) is 0 Å². The zero-order valence-electron chi connectivity index (χ0n) is 18.6. The Morgan fingerprint density at radius 3 is 1.85 bits per heavy atom. The molecule has 0 bridgehead atoms. The smallest absolute Gasteiger partial charge is 0.396 e. The summed E-state index contributed by atoms with van der Waals surface area (Å²) >= 11 is 0. The van der Waals surface area contributed by atoms with Crippen LogP contribution in [0, 0.1) is 5.41 Å². The normalized spacial score (nSPS) is 25.1. The lowest BCUT2D eigenvalue weighted by Crippen LogP contribution is -2.41. The fourth-order valence-corrected chi connectivity index (χ4v) is 4.39. The molecule has 0 amide bonds. The lowest BCUT2D eigenvalue weighted by molar-refractivity contribution is -0.143. The minimum atomic E-state index is -4.90. The van der Waals surface area contributed by atoms with E-state index in [1.165, 1.54) is 6.92 Å². The summed E-state index contributed by atoms with van der Waals surface area (Å²) < 4.78 is 85.4. The van der Waals surface area contributed by atoms with Crippen LogP contribution in [0.4, 0.5) is 26.3 Å². The molecule has 1 fully saturated rings. The number of rotatable bonds is 6. The maximum atomic E-state index is 13.2. The number of aliphatic hydroxyl groups is 1. The van der Waals surface area contributed by atoms with E-state index in [0.29, 0.717) is 12.8 Å². The number of alkyl halides is 6. The van der Waals surface area contributed by atoms with Crippen LogP contribution in [0.15, 0.2) is 48.5 Å². The Balaban J connectivity index is 1.87. The monoisotopic (exact) mass is 474 g/mol. The summed E-state index contributed by atoms with van der Waals surface area (Å²) in [5, 5.41) is 9.73. The van der Waals surface area contributed by atoms with Gasteiger partial charge < -0.3 is 9.84 Å². The Hall–Kier alpha value is -2.06. The van der Waals surface area contributed by atoms with Gasteiger partial charge in [-0.05, 0) is 67.3 Å². The number of hydrogen-bond donors (Lipinski definition) is 1. The second-order valence-corrected chi connectivity index (χ2v) is 9.41. The average Bonchev–Trinajstić information content (AvgIpc) is 2.78. The van der Waals surface area contributed by atoms with E-state index in [4.69, 9.17) is 4.74 Å². The first-order chi connectivity index (χ1) is 15.3. The van der Waals surface area contributed by atoms with Crippen LogP contribution in [0.25, 0.3) is 0 Å². The van der Waals surface area contributed by atoms with Crippen molar-refractivity contribution in [3.8, 4) is 0 Å². The quantitative estimate of drug-likeness (QED) is 0.445. The molecule has 1 aliphatic carbocycles. The number of aliphatic hydroxyl groups excluding tert-OH is 1. The van der Waals surface area contributed by atoms with Gasteiger partial charge in [-0.3, -0.25) is 0 Å². The van der Waals surface area contributed by atoms with Gasteiger partial charge in [0, 0.05) is 12.0 Å². The molecule has 2 nitrogen and oxygen atoms in total. The van der Waals surface area contributed by atoms with Crippen LogP contribution in [-0.4, -0.2) is 18.3 Å². The number of ether oxygens (including phenoxy) is 1. The second kappa shape index (κ2) is 9.29. The Morgan fingerprint density at radius 2 is 1.39 bits per heavy atom. The molecule has 1 atom stereocenters. The maximum Gasteiger partial charge on any atom is 0.416 e. The van der Waals surface area contributed by atoms with E-state index in [2.05, 4.69) is 0 Å². The van der Waals surface area contributed by atoms with E-state index in [-0.39, 0.29) is 30.3 Å². The van der Waals surface area contributed by atoms with Crippen molar-refractivity contribution in [2.75, 3.05) is 13.2 Å². The third-order valence-electron chi connectivity index (χ3n) is 6.87. The predicted molar refractivity (Wildman–Crippen MR) is 113 cm³/mol. The van der Waals surface area contributed by atoms with Gasteiger partial charge in [0.05, 0.1) is 23.8 Å². The van der Waals surface area contributed by atoms with Crippen LogP contribution in [0.3, 0.4) is 0 Å². The highest BCUT2D eigenvalue weighted by Crippen LogP contribution is 2.47. The predicted octanol–water partition coefficient (Wildman–Crippen LogP) is 7.31. The van der Waals surface area contributed by atoms with Crippen LogP contribution < -0.4 is 0 Å². The van der Waals surface area contributed by atoms with Crippen molar-refractivity contribution >= 4 is 0 Å². The zero-order chi connectivity index (χ0) is 24.5. The van der Waals surface area contributed by atoms with Crippen LogP contribution in [0.1, 0.15) is 67.9 Å². The van der Waals surface area contributed by atoms with Crippen molar-refractivity contribution in [3.63, 3.8) is 0 Å². The van der Waals surface area contributed by atoms with Crippen molar-refractivity contribution in [1.29, 1.82) is 0 Å². The molecule has 3 rings (SSSR count). The highest BCUT2D eigenvalue weighted by molar-refractivity contribution is 5.35. The molecule has 2 aromatic carbocycles. The molecule has 0 saturated heterocycles. The van der Waals surface area contributed by atoms with Crippen LogP contribution >= 0.6 is 0 Å². The molecule has 0 spiro atoms. The van der Waals surface area contributed by atoms with Gasteiger partial charge in [-0.1, -0.05) is 37.3 Å². The van der Waals surface area contributed by atoms with Gasteiger partial charge in [0.15, 0.2) is 0 Å². The van der Waals surface area contributed by atoms with Gasteiger partial charge >= 0.3 is 12.4 Å². The van der Waals surface area contributed by atoms with E-state index >= 15 is 0 Å². The van der Waals surface area contributed by atoms with Gasteiger partial charge in [-0.15, -0.1) is 0 Å². The van der Waals surface area contributed by atoms with Crippen molar-refractivity contribution < 1.29 is 36.2 Å². The first-order valence-corrected chi connectivity index (χ1v) is 10.9. The van der Waals surface area contributed by atoms with Gasteiger partial charge in [-0.2, -0.15) is 26.3 Å². The van der Waals surface area contributed by atoms with E-state index in [0.717, 1.165) is 30.5 Å². The lowest BCUT2D eigenvalue weighted by atomic mass is 9.62. The molecule has 0 aliphatic heterocycles. The highest BCUT2D eigenvalue weighted by atomic mass is 19.4. The van der Waals surface area contributed by atoms with Crippen LogP contribution in [0.2, 0.25) is 0 Å². The molecule has 1 saturated carbocycles. The molecular weight excluding hydrogens is 446 g/mol. The van der Waals surface area contributed by atoms with Crippen molar-refractivity contribution in [2.45, 2.75) is 63.4 Å². The molecule has 1 unspecified atom stereocenters. The molecule has 0 radical (unpaired) electrons. The van der Waals surface area contributed by atoms with E-state index in [1.54, 1.807) is 0 Å². The fourth-order valence-electron chi connectivity index (χ4n) is 4.39. The second-order valence-electron chi connectivity index (χ2n) is 9.41. The minimum Gasteiger partial charge on any atom is -0.396 e. The Morgan fingerprint density at radius 1 is 0.879 bits per heavy atom. The van der Waals surface area contributed by atoms with Crippen LogP contribution in [-0.2, 0) is 22.5 Å². The molecule has 1 aliphatic rings. The molecule has 182 valence electrons. The Kier molecular flexibility index (Phi) is 7.20. The summed E-state index contributed by atoms with van der Waals surface area (Å²) in [6.07, 6.45) is -7.93. The maximum absolute atomic E-state index is 13.2. The van der Waals surface area contributed by atoms with E-state index in [1.807, 2.05) is 37.3 Å². The van der Waals surface area contributed by atoms with Gasteiger partial charge in [-0.25, -0.2) is 0 Å². The molecule has 2 aromatic rings. The summed E-state index contributed by atoms with van der Waals surface area (Å²) in [5.74, 6) is 0. The highest BCUT2D eigenvalue weighted by Gasteiger charge is 2.42. The minimum absolute atomic E-state index is 0.0551. The zero-order valence-corrected chi connectivity index (χ0v) is 18.6. The average molecular weight is 474 g/mol. The topological polar surface area (TPSA) is 29.5 Å². The van der Waals surface area contributed by atoms with Gasteiger partial charge in [0.2, 0.25) is 0 Å². The first-order valence-electron chi connectivity index (χ1n) is 10.9. The first kappa shape index (κ1) is 25.6. The van der Waals surface area contributed by atoms with Crippen molar-refractivity contribution in [3.05, 3.63) is 70.8 Å². The van der Waals surface area contributed by atoms with E-state index < -0.39 is 35.0 Å². The molecule has 1 N–H and O–H groups in total. The summed E-state index contributed by atoms with van der Waals surface area (Å²) in [7, 11) is 0. The van der Waals surface area contributed by atoms with E-state index in [9.17, 15) is 31.4 Å². The summed E-state index contributed by atoms with van der Waals surface area (Å²) in [4.78, 5) is 0. The summed E-state index contributed by atoms with van der Waals surface area (Å²) in [6, 6.07) is 11.1. The number of hydrogen-bond acceptors (Lipinski definition) is 2.